The molecule has 1 aromatic carbocycles. The van der Waals surface area contributed by atoms with E-state index in [0.717, 1.165) is 59.3 Å². The Labute approximate surface area is 174 Å². The summed E-state index contributed by atoms with van der Waals surface area (Å²) in [5.41, 5.74) is 0.998. The van der Waals surface area contributed by atoms with E-state index in [1.807, 2.05) is 6.92 Å². The van der Waals surface area contributed by atoms with E-state index in [9.17, 15) is 18.4 Å². The molecule has 1 aliphatic carbocycles. The minimum atomic E-state index is -0.834. The lowest BCUT2D eigenvalue weighted by Gasteiger charge is -2.11. The number of aromatic nitrogens is 2. The Bertz CT molecular complexity index is 1160. The molecule has 1 amide bonds. The third kappa shape index (κ3) is 3.93. The Morgan fingerprint density at radius 1 is 1.34 bits per heavy atom. The predicted molar refractivity (Wildman–Crippen MR) is 112 cm³/mol. The number of carbonyl (C=O) groups excluding carboxylic acids is 1. The molecule has 5 nitrogen and oxygen atoms in total. The zero-order valence-corrected chi connectivity index (χ0v) is 17.4. The van der Waals surface area contributed by atoms with Crippen molar-refractivity contribution >= 4 is 44.9 Å². The molecule has 0 fully saturated rings. The molecular weight excluding hydrogens is 416 g/mol. The van der Waals surface area contributed by atoms with Gasteiger partial charge in [-0.05, 0) is 43.4 Å². The molecule has 0 unspecified atom stereocenters. The molecule has 2 heterocycles. The summed E-state index contributed by atoms with van der Waals surface area (Å²) in [6.07, 6.45) is 3.73. The Morgan fingerprint density at radius 2 is 2.17 bits per heavy atom. The lowest BCUT2D eigenvalue weighted by atomic mass is 10.2. The van der Waals surface area contributed by atoms with Crippen molar-refractivity contribution in [3.63, 3.8) is 0 Å². The highest BCUT2D eigenvalue weighted by Crippen LogP contribution is 2.35. The van der Waals surface area contributed by atoms with Gasteiger partial charge in [-0.3, -0.25) is 14.2 Å². The maximum absolute atomic E-state index is 13.7. The van der Waals surface area contributed by atoms with Crippen molar-refractivity contribution in [3.05, 3.63) is 50.6 Å². The fourth-order valence-electron chi connectivity index (χ4n) is 3.50. The van der Waals surface area contributed by atoms with Gasteiger partial charge in [0.25, 0.3) is 5.56 Å². The number of anilines is 1. The summed E-state index contributed by atoms with van der Waals surface area (Å²) in [7, 11) is 0. The maximum atomic E-state index is 13.7. The molecule has 0 atom stereocenters. The zero-order chi connectivity index (χ0) is 20.5. The van der Waals surface area contributed by atoms with Crippen molar-refractivity contribution in [3.8, 4) is 0 Å². The number of thioether (sulfide) groups is 1. The van der Waals surface area contributed by atoms with Crippen LogP contribution in [0.25, 0.3) is 10.2 Å². The predicted octanol–water partition coefficient (Wildman–Crippen LogP) is 4.37. The van der Waals surface area contributed by atoms with Gasteiger partial charge in [-0.15, -0.1) is 11.3 Å². The van der Waals surface area contributed by atoms with E-state index in [1.165, 1.54) is 10.9 Å². The average molecular weight is 436 g/mol. The van der Waals surface area contributed by atoms with Crippen LogP contribution in [-0.2, 0) is 24.2 Å². The van der Waals surface area contributed by atoms with Gasteiger partial charge in [0.1, 0.15) is 16.5 Å². The van der Waals surface area contributed by atoms with Gasteiger partial charge in [0.2, 0.25) is 5.91 Å². The number of rotatable bonds is 6. The van der Waals surface area contributed by atoms with Crippen LogP contribution in [0.2, 0.25) is 0 Å². The summed E-state index contributed by atoms with van der Waals surface area (Å²) < 4.78 is 28.4. The van der Waals surface area contributed by atoms with Crippen LogP contribution in [0.5, 0.6) is 0 Å². The van der Waals surface area contributed by atoms with Crippen LogP contribution in [-0.4, -0.2) is 21.2 Å². The first kappa shape index (κ1) is 20.0. The Morgan fingerprint density at radius 3 is 2.93 bits per heavy atom. The summed E-state index contributed by atoms with van der Waals surface area (Å²) in [4.78, 5) is 32.0. The van der Waals surface area contributed by atoms with Gasteiger partial charge in [0.05, 0.1) is 16.8 Å². The highest BCUT2D eigenvalue weighted by atomic mass is 32.2. The number of nitrogens with zero attached hydrogens (tertiary/aromatic N) is 2. The molecule has 0 saturated carbocycles. The molecule has 0 bridgehead atoms. The second-order valence-electron chi connectivity index (χ2n) is 6.85. The third-order valence-electron chi connectivity index (χ3n) is 4.77. The van der Waals surface area contributed by atoms with Crippen molar-refractivity contribution in [2.75, 3.05) is 11.1 Å². The van der Waals surface area contributed by atoms with Gasteiger partial charge >= 0.3 is 0 Å². The lowest BCUT2D eigenvalue weighted by molar-refractivity contribution is -0.113. The average Bonchev–Trinajstić information content (AvgIpc) is 3.25. The SMILES string of the molecule is CCCn1c(SCC(=O)Nc2ccc(F)cc2F)nc2sc3c(c2c1=O)CCC3. The number of aryl methyl sites for hydroxylation is 2. The monoisotopic (exact) mass is 435 g/mol. The number of amides is 1. The molecule has 9 heteroatoms. The number of fused-ring (bicyclic) bond motifs is 3. The Hall–Kier alpha value is -2.26. The number of hydrogen-bond donors (Lipinski definition) is 1. The van der Waals surface area contributed by atoms with Crippen LogP contribution in [0, 0.1) is 11.6 Å². The molecular formula is C20H19F2N3O2S2. The lowest BCUT2D eigenvalue weighted by Crippen LogP contribution is -2.24. The van der Waals surface area contributed by atoms with Crippen LogP contribution in [0.3, 0.4) is 0 Å². The first-order chi connectivity index (χ1) is 14.0. The van der Waals surface area contributed by atoms with E-state index in [4.69, 9.17) is 0 Å². The molecule has 0 saturated heterocycles. The smallest absolute Gasteiger partial charge is 0.263 e. The molecule has 0 radical (unpaired) electrons. The topological polar surface area (TPSA) is 64.0 Å². The van der Waals surface area contributed by atoms with Crippen molar-refractivity contribution in [2.45, 2.75) is 44.3 Å². The third-order valence-corrected chi connectivity index (χ3v) is 6.94. The van der Waals surface area contributed by atoms with Crippen LogP contribution >= 0.6 is 23.1 Å². The zero-order valence-electron chi connectivity index (χ0n) is 15.8. The second kappa shape index (κ2) is 8.23. The molecule has 3 aromatic rings. The van der Waals surface area contributed by atoms with E-state index >= 15 is 0 Å². The highest BCUT2D eigenvalue weighted by Gasteiger charge is 2.23. The molecule has 29 heavy (non-hydrogen) atoms. The molecule has 0 aliphatic heterocycles. The minimum absolute atomic E-state index is 0.0381. The van der Waals surface area contributed by atoms with E-state index in [-0.39, 0.29) is 17.0 Å². The fourth-order valence-corrected chi connectivity index (χ4v) is 5.62. The molecule has 1 aliphatic rings. The van der Waals surface area contributed by atoms with E-state index in [1.54, 1.807) is 15.9 Å². The molecule has 152 valence electrons. The summed E-state index contributed by atoms with van der Waals surface area (Å²) in [6.45, 7) is 2.50. The van der Waals surface area contributed by atoms with Gasteiger partial charge in [0, 0.05) is 17.5 Å². The van der Waals surface area contributed by atoms with E-state index < -0.39 is 17.5 Å². The van der Waals surface area contributed by atoms with Gasteiger partial charge in [0.15, 0.2) is 5.16 Å². The van der Waals surface area contributed by atoms with Gasteiger partial charge in [-0.25, -0.2) is 13.8 Å². The highest BCUT2D eigenvalue weighted by molar-refractivity contribution is 7.99. The second-order valence-corrected chi connectivity index (χ2v) is 8.88. The maximum Gasteiger partial charge on any atom is 0.263 e. The molecule has 0 spiro atoms. The minimum Gasteiger partial charge on any atom is -0.323 e. The standard InChI is InChI=1S/C20H19F2N3O2S2/c1-2-8-25-19(27)17-12-4-3-5-15(12)29-18(17)24-20(25)28-10-16(26)23-14-7-6-11(21)9-13(14)22/h6-7,9H,2-5,8,10H2,1H3,(H,23,26). The summed E-state index contributed by atoms with van der Waals surface area (Å²) >= 11 is 2.70. The number of hydrogen-bond acceptors (Lipinski definition) is 5. The van der Waals surface area contributed by atoms with Gasteiger partial charge < -0.3 is 5.32 Å². The van der Waals surface area contributed by atoms with E-state index in [2.05, 4.69) is 10.3 Å². The summed E-state index contributed by atoms with van der Waals surface area (Å²) in [6, 6.07) is 2.97. The van der Waals surface area contributed by atoms with E-state index in [0.29, 0.717) is 17.8 Å². The molecule has 4 rings (SSSR count). The summed E-state index contributed by atoms with van der Waals surface area (Å²) in [5, 5.41) is 3.63. The van der Waals surface area contributed by atoms with Crippen molar-refractivity contribution in [1.82, 2.24) is 9.55 Å². The Kier molecular flexibility index (Phi) is 5.69. The van der Waals surface area contributed by atoms with Crippen LogP contribution in [0.4, 0.5) is 14.5 Å². The van der Waals surface area contributed by atoms with Crippen LogP contribution < -0.4 is 10.9 Å². The number of nitrogens with one attached hydrogen (secondary N) is 1. The van der Waals surface area contributed by atoms with Crippen LogP contribution in [0.15, 0.2) is 28.2 Å². The molecule has 1 N–H and O–H groups in total. The first-order valence-electron chi connectivity index (χ1n) is 9.40. The number of carbonyl (C=O) groups is 1. The Balaban J connectivity index is 1.57. The van der Waals surface area contributed by atoms with Crippen molar-refractivity contribution < 1.29 is 13.6 Å². The van der Waals surface area contributed by atoms with Crippen LogP contribution in [0.1, 0.15) is 30.2 Å². The fraction of sp³-hybridized carbons (Fsp3) is 0.350. The number of thiophene rings is 1. The number of benzene rings is 1. The summed E-state index contributed by atoms with van der Waals surface area (Å²) in [5.74, 6) is -2.03. The largest absolute Gasteiger partial charge is 0.323 e. The quantitative estimate of drug-likeness (QED) is 0.461. The van der Waals surface area contributed by atoms with Gasteiger partial charge in [-0.2, -0.15) is 0 Å². The normalized spacial score (nSPS) is 13.1. The molecule has 2 aromatic heterocycles. The first-order valence-corrected chi connectivity index (χ1v) is 11.2. The van der Waals surface area contributed by atoms with Gasteiger partial charge in [-0.1, -0.05) is 18.7 Å². The van der Waals surface area contributed by atoms with Crippen molar-refractivity contribution in [1.29, 1.82) is 0 Å². The number of halogens is 2. The van der Waals surface area contributed by atoms with Crippen molar-refractivity contribution in [2.24, 2.45) is 0 Å².